The average Bonchev–Trinajstić information content (AvgIpc) is 2.34. The fraction of sp³-hybridized carbons (Fsp3) is 0.875. The van der Waals surface area contributed by atoms with Crippen molar-refractivity contribution in [1.82, 2.24) is 4.90 Å². The average molecular weight is 126 g/mol. The van der Waals surface area contributed by atoms with E-state index in [2.05, 4.69) is 18.7 Å². The second-order valence-electron chi connectivity index (χ2n) is 2.84. The van der Waals surface area contributed by atoms with Gasteiger partial charge >= 0.3 is 0 Å². The monoisotopic (exact) mass is 126 g/mol. The summed E-state index contributed by atoms with van der Waals surface area (Å²) in [6, 6.07) is 0. The van der Waals surface area contributed by atoms with Crippen LogP contribution in [-0.2, 0) is 0 Å². The molecule has 9 heavy (non-hydrogen) atoms. The van der Waals surface area contributed by atoms with Crippen molar-refractivity contribution in [3.05, 3.63) is 6.92 Å². The van der Waals surface area contributed by atoms with Gasteiger partial charge in [0.2, 0.25) is 0 Å². The molecule has 1 heteroatoms. The molecule has 1 radical (unpaired) electrons. The lowest BCUT2D eigenvalue weighted by molar-refractivity contribution is 0.342. The molecule has 1 aliphatic rings. The van der Waals surface area contributed by atoms with E-state index in [1.807, 2.05) is 0 Å². The second kappa shape index (κ2) is 3.21. The van der Waals surface area contributed by atoms with E-state index in [-0.39, 0.29) is 0 Å². The Kier molecular flexibility index (Phi) is 2.52. The Morgan fingerprint density at radius 2 is 2.44 bits per heavy atom. The van der Waals surface area contributed by atoms with Crippen molar-refractivity contribution in [2.45, 2.75) is 19.8 Å². The van der Waals surface area contributed by atoms with Gasteiger partial charge in [0, 0.05) is 6.54 Å². The van der Waals surface area contributed by atoms with Crippen LogP contribution in [0.25, 0.3) is 0 Å². The molecule has 1 saturated heterocycles. The summed E-state index contributed by atoms with van der Waals surface area (Å²) in [6.45, 7) is 9.95. The van der Waals surface area contributed by atoms with Gasteiger partial charge in [-0.25, -0.2) is 0 Å². The van der Waals surface area contributed by atoms with Crippen molar-refractivity contribution in [3.63, 3.8) is 0 Å². The van der Waals surface area contributed by atoms with Gasteiger partial charge in [-0.2, -0.15) is 0 Å². The van der Waals surface area contributed by atoms with Crippen molar-refractivity contribution in [2.24, 2.45) is 5.92 Å². The SMILES string of the molecule is [CH2]CC1CCN(CC)C1. The van der Waals surface area contributed by atoms with Gasteiger partial charge in [0.05, 0.1) is 0 Å². The standard InChI is InChI=1S/C8H16N/c1-3-8-5-6-9(4-2)7-8/h8H,1,3-7H2,2H3. The topological polar surface area (TPSA) is 3.24 Å². The number of nitrogens with zero attached hydrogens (tertiary/aromatic N) is 1. The van der Waals surface area contributed by atoms with Crippen LogP contribution in [0.15, 0.2) is 0 Å². The molecule has 0 amide bonds. The molecule has 1 heterocycles. The molecule has 1 rings (SSSR count). The maximum absolute atomic E-state index is 3.91. The molecule has 0 aromatic rings. The largest absolute Gasteiger partial charge is 0.303 e. The van der Waals surface area contributed by atoms with Crippen LogP contribution in [0.1, 0.15) is 19.8 Å². The summed E-state index contributed by atoms with van der Waals surface area (Å²) in [6.07, 6.45) is 2.49. The van der Waals surface area contributed by atoms with Crippen molar-refractivity contribution in [2.75, 3.05) is 19.6 Å². The molecule has 0 saturated carbocycles. The Morgan fingerprint density at radius 1 is 1.67 bits per heavy atom. The zero-order chi connectivity index (χ0) is 6.69. The van der Waals surface area contributed by atoms with Crippen molar-refractivity contribution in [1.29, 1.82) is 0 Å². The summed E-state index contributed by atoms with van der Waals surface area (Å²) in [5.41, 5.74) is 0. The van der Waals surface area contributed by atoms with Crippen LogP contribution in [0, 0.1) is 12.8 Å². The molecular weight excluding hydrogens is 110 g/mol. The Morgan fingerprint density at radius 3 is 2.78 bits per heavy atom. The smallest absolute Gasteiger partial charge is 0.00100 e. The minimum Gasteiger partial charge on any atom is -0.303 e. The third kappa shape index (κ3) is 1.68. The number of likely N-dealkylation sites (tertiary alicyclic amines) is 1. The van der Waals surface area contributed by atoms with Crippen LogP contribution in [0.3, 0.4) is 0 Å². The highest BCUT2D eigenvalue weighted by Crippen LogP contribution is 2.17. The Hall–Kier alpha value is -0.0400. The van der Waals surface area contributed by atoms with Gasteiger partial charge in [0.25, 0.3) is 0 Å². The molecule has 1 aliphatic heterocycles. The highest BCUT2D eigenvalue weighted by molar-refractivity contribution is 4.74. The molecule has 0 aromatic carbocycles. The first kappa shape index (κ1) is 7.07. The number of hydrogen-bond acceptors (Lipinski definition) is 1. The lowest BCUT2D eigenvalue weighted by Gasteiger charge is -2.10. The maximum atomic E-state index is 3.91. The van der Waals surface area contributed by atoms with Crippen LogP contribution in [-0.4, -0.2) is 24.5 Å². The molecule has 0 aliphatic carbocycles. The van der Waals surface area contributed by atoms with Crippen LogP contribution >= 0.6 is 0 Å². The quantitative estimate of drug-likeness (QED) is 0.542. The van der Waals surface area contributed by atoms with E-state index in [1.165, 1.54) is 26.1 Å². The lowest BCUT2D eigenvalue weighted by atomic mass is 10.1. The van der Waals surface area contributed by atoms with E-state index in [9.17, 15) is 0 Å². The zero-order valence-electron chi connectivity index (χ0n) is 6.27. The Bertz CT molecular complexity index is 70.6. The summed E-state index contributed by atoms with van der Waals surface area (Å²) in [4.78, 5) is 2.50. The van der Waals surface area contributed by atoms with Gasteiger partial charge in [-0.05, 0) is 31.8 Å². The molecule has 0 aromatic heterocycles. The van der Waals surface area contributed by atoms with Gasteiger partial charge in [-0.15, -0.1) is 0 Å². The Labute approximate surface area is 58.0 Å². The minimum absolute atomic E-state index is 0.893. The first-order valence-corrected chi connectivity index (χ1v) is 3.88. The molecule has 1 unspecified atom stereocenters. The van der Waals surface area contributed by atoms with Gasteiger partial charge < -0.3 is 4.90 Å². The molecule has 1 atom stereocenters. The first-order valence-electron chi connectivity index (χ1n) is 3.88. The van der Waals surface area contributed by atoms with E-state index in [4.69, 9.17) is 0 Å². The van der Waals surface area contributed by atoms with Gasteiger partial charge in [0.15, 0.2) is 0 Å². The number of rotatable bonds is 2. The number of hydrogen-bond donors (Lipinski definition) is 0. The highest BCUT2D eigenvalue weighted by atomic mass is 15.1. The third-order valence-electron chi connectivity index (χ3n) is 2.23. The predicted molar refractivity (Wildman–Crippen MR) is 40.2 cm³/mol. The predicted octanol–water partition coefficient (Wildman–Crippen LogP) is 1.55. The molecule has 1 fully saturated rings. The summed E-state index contributed by atoms with van der Waals surface area (Å²) < 4.78 is 0. The summed E-state index contributed by atoms with van der Waals surface area (Å²) in [7, 11) is 0. The van der Waals surface area contributed by atoms with Gasteiger partial charge in [0.1, 0.15) is 0 Å². The van der Waals surface area contributed by atoms with Crippen LogP contribution < -0.4 is 0 Å². The molecule has 0 bridgehead atoms. The fourth-order valence-electron chi connectivity index (χ4n) is 1.44. The van der Waals surface area contributed by atoms with Crippen LogP contribution in [0.4, 0.5) is 0 Å². The van der Waals surface area contributed by atoms with Crippen LogP contribution in [0.5, 0.6) is 0 Å². The van der Waals surface area contributed by atoms with Crippen LogP contribution in [0.2, 0.25) is 0 Å². The fourth-order valence-corrected chi connectivity index (χ4v) is 1.44. The van der Waals surface area contributed by atoms with E-state index in [1.54, 1.807) is 0 Å². The zero-order valence-corrected chi connectivity index (χ0v) is 6.27. The van der Waals surface area contributed by atoms with Gasteiger partial charge in [-0.3, -0.25) is 0 Å². The Balaban J connectivity index is 2.20. The molecular formula is C8H16N. The molecule has 0 N–H and O–H groups in total. The maximum Gasteiger partial charge on any atom is 0.00100 e. The van der Waals surface area contributed by atoms with Gasteiger partial charge in [-0.1, -0.05) is 13.8 Å². The van der Waals surface area contributed by atoms with E-state index in [0.29, 0.717) is 0 Å². The van der Waals surface area contributed by atoms with Crippen molar-refractivity contribution < 1.29 is 0 Å². The normalized spacial score (nSPS) is 29.3. The summed E-state index contributed by atoms with van der Waals surface area (Å²) in [5.74, 6) is 0.893. The minimum atomic E-state index is 0.893. The summed E-state index contributed by atoms with van der Waals surface area (Å²) >= 11 is 0. The van der Waals surface area contributed by atoms with E-state index >= 15 is 0 Å². The van der Waals surface area contributed by atoms with Crippen molar-refractivity contribution >= 4 is 0 Å². The van der Waals surface area contributed by atoms with E-state index in [0.717, 1.165) is 12.3 Å². The van der Waals surface area contributed by atoms with Crippen molar-refractivity contribution in [3.8, 4) is 0 Å². The molecule has 53 valence electrons. The molecule has 1 nitrogen and oxygen atoms in total. The van der Waals surface area contributed by atoms with E-state index < -0.39 is 0 Å². The first-order chi connectivity index (χ1) is 4.36. The molecule has 0 spiro atoms. The lowest BCUT2D eigenvalue weighted by Crippen LogP contribution is -2.19. The summed E-state index contributed by atoms with van der Waals surface area (Å²) in [5, 5.41) is 0. The third-order valence-corrected chi connectivity index (χ3v) is 2.23. The highest BCUT2D eigenvalue weighted by Gasteiger charge is 2.18. The second-order valence-corrected chi connectivity index (χ2v) is 2.84.